The first-order valence-corrected chi connectivity index (χ1v) is 10.8. The Morgan fingerprint density at radius 2 is 1.47 bits per heavy atom. The molecule has 0 radical (unpaired) electrons. The van der Waals surface area contributed by atoms with Gasteiger partial charge in [-0.15, -0.1) is 0 Å². The molecular formula is C26H25N3O5. The van der Waals surface area contributed by atoms with Crippen LogP contribution in [-0.2, 0) is 24.4 Å². The Balaban J connectivity index is 1.62. The van der Waals surface area contributed by atoms with E-state index in [4.69, 9.17) is 9.47 Å². The van der Waals surface area contributed by atoms with Gasteiger partial charge in [-0.05, 0) is 35.9 Å². The molecule has 0 saturated carbocycles. The number of rotatable bonds is 8. The lowest BCUT2D eigenvalue weighted by Gasteiger charge is -2.16. The van der Waals surface area contributed by atoms with E-state index in [0.29, 0.717) is 22.5 Å². The van der Waals surface area contributed by atoms with E-state index in [-0.39, 0.29) is 19.6 Å². The molecule has 174 valence electrons. The molecule has 1 aromatic heterocycles. The predicted octanol–water partition coefficient (Wildman–Crippen LogP) is 2.55. The van der Waals surface area contributed by atoms with Crippen molar-refractivity contribution in [3.8, 4) is 11.5 Å². The Hall–Kier alpha value is -4.33. The molecule has 0 bridgehead atoms. The second-order valence-corrected chi connectivity index (χ2v) is 7.71. The van der Waals surface area contributed by atoms with Crippen molar-refractivity contribution < 1.29 is 14.3 Å². The van der Waals surface area contributed by atoms with Crippen molar-refractivity contribution >= 4 is 16.9 Å². The van der Waals surface area contributed by atoms with Crippen LogP contribution >= 0.6 is 0 Å². The smallest absolute Gasteiger partial charge is 0.317 e. The maximum Gasteiger partial charge on any atom is 0.317 e. The fourth-order valence-corrected chi connectivity index (χ4v) is 3.86. The number of fused-ring (bicyclic) bond motifs is 1. The standard InChI is InChI=1S/C26H25N3O5/c1-33-20-12-13-23(34-2)19(14-20)15-27-24(30)17-29-22-11-7-6-10-21(22)28(25(31)26(29)32)16-18-8-4-3-5-9-18/h3-14H,15-17H2,1-2H3,(H,27,30). The van der Waals surface area contributed by atoms with Crippen LogP contribution in [0.2, 0.25) is 0 Å². The third-order valence-electron chi connectivity index (χ3n) is 5.59. The summed E-state index contributed by atoms with van der Waals surface area (Å²) in [4.78, 5) is 38.8. The molecule has 0 unspecified atom stereocenters. The van der Waals surface area contributed by atoms with Crippen LogP contribution in [0.5, 0.6) is 11.5 Å². The molecule has 0 aliphatic rings. The van der Waals surface area contributed by atoms with Gasteiger partial charge in [-0.25, -0.2) is 0 Å². The van der Waals surface area contributed by atoms with Gasteiger partial charge in [-0.3, -0.25) is 23.5 Å². The maximum atomic E-state index is 13.0. The van der Waals surface area contributed by atoms with Gasteiger partial charge in [0.2, 0.25) is 5.91 Å². The Kier molecular flexibility index (Phi) is 6.77. The highest BCUT2D eigenvalue weighted by atomic mass is 16.5. The number of carbonyl (C=O) groups excluding carboxylic acids is 1. The Labute approximate surface area is 196 Å². The Morgan fingerprint density at radius 1 is 0.824 bits per heavy atom. The van der Waals surface area contributed by atoms with E-state index < -0.39 is 17.0 Å². The van der Waals surface area contributed by atoms with Crippen molar-refractivity contribution in [3.63, 3.8) is 0 Å². The number of benzene rings is 3. The van der Waals surface area contributed by atoms with Gasteiger partial charge in [0.25, 0.3) is 0 Å². The molecule has 0 spiro atoms. The van der Waals surface area contributed by atoms with Gasteiger partial charge in [-0.2, -0.15) is 0 Å². The van der Waals surface area contributed by atoms with E-state index in [1.807, 2.05) is 30.3 Å². The quantitative estimate of drug-likeness (QED) is 0.409. The minimum absolute atomic E-state index is 0.178. The first kappa shape index (κ1) is 22.8. The van der Waals surface area contributed by atoms with Gasteiger partial charge in [0.1, 0.15) is 18.0 Å². The van der Waals surface area contributed by atoms with E-state index in [9.17, 15) is 14.4 Å². The highest BCUT2D eigenvalue weighted by Crippen LogP contribution is 2.23. The van der Waals surface area contributed by atoms with Crippen LogP contribution in [0.25, 0.3) is 11.0 Å². The molecule has 8 heteroatoms. The van der Waals surface area contributed by atoms with Gasteiger partial charge in [0, 0.05) is 12.1 Å². The lowest BCUT2D eigenvalue weighted by Crippen LogP contribution is -2.44. The van der Waals surface area contributed by atoms with Crippen molar-refractivity contribution in [2.24, 2.45) is 0 Å². The van der Waals surface area contributed by atoms with Gasteiger partial charge in [0.05, 0.1) is 31.8 Å². The van der Waals surface area contributed by atoms with Crippen LogP contribution in [0.1, 0.15) is 11.1 Å². The molecule has 3 aromatic carbocycles. The number of ether oxygens (including phenoxy) is 2. The SMILES string of the molecule is COc1ccc(OC)c(CNC(=O)Cn2c(=O)c(=O)n(Cc3ccccc3)c3ccccc32)c1. The van der Waals surface area contributed by atoms with Crippen molar-refractivity contribution in [1.29, 1.82) is 0 Å². The second-order valence-electron chi connectivity index (χ2n) is 7.71. The number of aromatic nitrogens is 2. The Morgan fingerprint density at radius 3 is 2.15 bits per heavy atom. The molecule has 0 aliphatic carbocycles. The first-order valence-electron chi connectivity index (χ1n) is 10.8. The molecule has 8 nitrogen and oxygen atoms in total. The summed E-state index contributed by atoms with van der Waals surface area (Å²) < 4.78 is 13.2. The van der Waals surface area contributed by atoms with Gasteiger partial charge in [0.15, 0.2) is 0 Å². The third kappa shape index (κ3) is 4.71. The molecule has 1 N–H and O–H groups in total. The number of carbonyl (C=O) groups is 1. The summed E-state index contributed by atoms with van der Waals surface area (Å²) in [6.07, 6.45) is 0. The molecule has 1 heterocycles. The van der Waals surface area contributed by atoms with E-state index >= 15 is 0 Å². The number of para-hydroxylation sites is 2. The summed E-state index contributed by atoms with van der Waals surface area (Å²) in [6, 6.07) is 21.8. The minimum atomic E-state index is -0.747. The third-order valence-corrected chi connectivity index (χ3v) is 5.59. The Bertz CT molecular complexity index is 1440. The van der Waals surface area contributed by atoms with Gasteiger partial charge in [-0.1, -0.05) is 42.5 Å². The van der Waals surface area contributed by atoms with Gasteiger partial charge < -0.3 is 14.8 Å². The van der Waals surface area contributed by atoms with Crippen molar-refractivity contribution in [3.05, 3.63) is 105 Å². The molecule has 4 rings (SSSR count). The van der Waals surface area contributed by atoms with E-state index in [1.54, 1.807) is 56.7 Å². The summed E-state index contributed by atoms with van der Waals surface area (Å²) in [6.45, 7) is 0.155. The molecule has 1 amide bonds. The maximum absolute atomic E-state index is 13.0. The lowest BCUT2D eigenvalue weighted by atomic mass is 10.2. The zero-order chi connectivity index (χ0) is 24.1. The fraction of sp³-hybridized carbons (Fsp3) is 0.192. The lowest BCUT2D eigenvalue weighted by molar-refractivity contribution is -0.121. The van der Waals surface area contributed by atoms with E-state index in [2.05, 4.69) is 5.32 Å². The molecular weight excluding hydrogens is 434 g/mol. The molecule has 0 fully saturated rings. The number of amides is 1. The zero-order valence-corrected chi connectivity index (χ0v) is 19.0. The predicted molar refractivity (Wildman–Crippen MR) is 129 cm³/mol. The second kappa shape index (κ2) is 10.1. The first-order chi connectivity index (χ1) is 16.5. The average molecular weight is 460 g/mol. The number of nitrogens with one attached hydrogen (secondary N) is 1. The van der Waals surface area contributed by atoms with Gasteiger partial charge >= 0.3 is 11.1 Å². The number of methoxy groups -OCH3 is 2. The van der Waals surface area contributed by atoms with Crippen LogP contribution < -0.4 is 25.9 Å². The fourth-order valence-electron chi connectivity index (χ4n) is 3.86. The normalized spacial score (nSPS) is 10.8. The topological polar surface area (TPSA) is 91.6 Å². The van der Waals surface area contributed by atoms with Crippen LogP contribution in [0.4, 0.5) is 0 Å². The summed E-state index contributed by atoms with van der Waals surface area (Å²) >= 11 is 0. The van der Waals surface area contributed by atoms with Crippen LogP contribution in [-0.4, -0.2) is 29.3 Å². The number of hydrogen-bond acceptors (Lipinski definition) is 5. The zero-order valence-electron chi connectivity index (χ0n) is 19.0. The summed E-state index contributed by atoms with van der Waals surface area (Å²) in [5.74, 6) is 0.832. The summed E-state index contributed by atoms with van der Waals surface area (Å²) in [5, 5.41) is 2.80. The number of nitrogens with zero attached hydrogens (tertiary/aromatic N) is 2. The monoisotopic (exact) mass is 459 g/mol. The van der Waals surface area contributed by atoms with E-state index in [0.717, 1.165) is 11.1 Å². The molecule has 34 heavy (non-hydrogen) atoms. The molecule has 0 saturated heterocycles. The summed E-state index contributed by atoms with van der Waals surface area (Å²) in [7, 11) is 3.10. The molecule has 0 atom stereocenters. The number of hydrogen-bond donors (Lipinski definition) is 1. The molecule has 4 aromatic rings. The highest BCUT2D eigenvalue weighted by molar-refractivity contribution is 5.80. The minimum Gasteiger partial charge on any atom is -0.497 e. The summed E-state index contributed by atoms with van der Waals surface area (Å²) in [5.41, 5.74) is 1.30. The van der Waals surface area contributed by atoms with E-state index in [1.165, 1.54) is 9.13 Å². The highest BCUT2D eigenvalue weighted by Gasteiger charge is 2.16. The van der Waals surface area contributed by atoms with Crippen molar-refractivity contribution in [2.45, 2.75) is 19.6 Å². The van der Waals surface area contributed by atoms with Crippen molar-refractivity contribution in [2.75, 3.05) is 14.2 Å². The van der Waals surface area contributed by atoms with Crippen LogP contribution in [0, 0.1) is 0 Å². The van der Waals surface area contributed by atoms with Crippen LogP contribution in [0.15, 0.2) is 82.4 Å². The average Bonchev–Trinajstić information content (AvgIpc) is 2.88. The largest absolute Gasteiger partial charge is 0.497 e. The van der Waals surface area contributed by atoms with Crippen LogP contribution in [0.3, 0.4) is 0 Å². The molecule has 0 aliphatic heterocycles. The van der Waals surface area contributed by atoms with Crippen molar-refractivity contribution in [1.82, 2.24) is 14.5 Å².